The number of carbonyl (C=O) groups is 2. The molecule has 0 spiro atoms. The molecule has 0 amide bonds. The average Bonchev–Trinajstić information content (AvgIpc) is 3.32. The molecule has 42 heavy (non-hydrogen) atoms. The number of halogens is 1. The SMILES string of the molecule is Br.CCOC(=O)C1=C(C)NC(C)(c2ccccc2)C(C(=O)OCC)C1Nc1nc(-c2ccc(OC)c(OC)c2)c(C)s1. The van der Waals surface area contributed by atoms with E-state index >= 15 is 0 Å². The van der Waals surface area contributed by atoms with Crippen LogP contribution in [0.3, 0.4) is 0 Å². The number of esters is 2. The van der Waals surface area contributed by atoms with Crippen LogP contribution in [0.1, 0.15) is 38.1 Å². The molecule has 3 aromatic rings. The summed E-state index contributed by atoms with van der Waals surface area (Å²) in [6, 6.07) is 14.5. The van der Waals surface area contributed by atoms with Gasteiger partial charge in [-0.05, 0) is 58.4 Å². The standard InChI is InChI=1S/C31H37N3O6S.BrH/c1-8-39-28(35)24-18(3)34-31(5,21-13-11-10-12-14-21)25(29(36)40-9-2)27(24)33-30-32-26(19(4)41-30)20-15-16-22(37-6)23(17-20)38-7;/h10-17,25,27,34H,8-9H2,1-7H3,(H,32,33);1H. The van der Waals surface area contributed by atoms with Crippen LogP contribution in [-0.2, 0) is 24.6 Å². The van der Waals surface area contributed by atoms with Gasteiger partial charge in [0.25, 0.3) is 0 Å². The number of carbonyl (C=O) groups excluding carboxylic acids is 2. The number of methoxy groups -OCH3 is 2. The Bertz CT molecular complexity index is 1440. The quantitative estimate of drug-likeness (QED) is 0.252. The summed E-state index contributed by atoms with van der Waals surface area (Å²) in [5, 5.41) is 7.47. The number of allylic oxidation sites excluding steroid dienone is 1. The zero-order valence-electron chi connectivity index (χ0n) is 24.9. The first-order valence-electron chi connectivity index (χ1n) is 13.5. The van der Waals surface area contributed by atoms with E-state index in [-0.39, 0.29) is 30.2 Å². The van der Waals surface area contributed by atoms with Crippen LogP contribution in [-0.4, -0.2) is 50.4 Å². The Morgan fingerprint density at radius 1 is 1.00 bits per heavy atom. The topological polar surface area (TPSA) is 108 Å². The van der Waals surface area contributed by atoms with Gasteiger partial charge in [-0.2, -0.15) is 0 Å². The summed E-state index contributed by atoms with van der Waals surface area (Å²) in [5.74, 6) is -0.565. The number of benzene rings is 2. The van der Waals surface area contributed by atoms with Gasteiger partial charge in [-0.3, -0.25) is 4.79 Å². The molecule has 3 atom stereocenters. The van der Waals surface area contributed by atoms with Gasteiger partial charge in [0, 0.05) is 16.1 Å². The zero-order valence-corrected chi connectivity index (χ0v) is 27.4. The highest BCUT2D eigenvalue weighted by Crippen LogP contribution is 2.43. The predicted molar refractivity (Wildman–Crippen MR) is 170 cm³/mol. The van der Waals surface area contributed by atoms with Crippen LogP contribution in [0.4, 0.5) is 5.13 Å². The lowest BCUT2D eigenvalue weighted by atomic mass is 9.70. The number of thiazole rings is 1. The van der Waals surface area contributed by atoms with E-state index in [1.807, 2.05) is 69.3 Å². The summed E-state index contributed by atoms with van der Waals surface area (Å²) in [5.41, 5.74) is 2.53. The van der Waals surface area contributed by atoms with Gasteiger partial charge in [-0.1, -0.05) is 30.3 Å². The molecule has 2 aromatic carbocycles. The molecule has 0 radical (unpaired) electrons. The molecular formula is C31H38BrN3O6S. The first kappa shape index (κ1) is 32.9. The van der Waals surface area contributed by atoms with Crippen LogP contribution in [0.15, 0.2) is 59.8 Å². The van der Waals surface area contributed by atoms with Crippen molar-refractivity contribution in [2.45, 2.75) is 46.2 Å². The molecule has 1 aliphatic rings. The number of rotatable bonds is 10. The second-order valence-electron chi connectivity index (χ2n) is 9.80. The fourth-order valence-electron chi connectivity index (χ4n) is 5.39. The molecule has 11 heteroatoms. The van der Waals surface area contributed by atoms with E-state index in [2.05, 4.69) is 10.6 Å². The van der Waals surface area contributed by atoms with Crippen LogP contribution in [0.2, 0.25) is 0 Å². The second-order valence-corrected chi connectivity index (χ2v) is 11.0. The van der Waals surface area contributed by atoms with E-state index in [1.54, 1.807) is 28.1 Å². The Hall–Kier alpha value is -3.57. The number of aromatic nitrogens is 1. The summed E-state index contributed by atoms with van der Waals surface area (Å²) >= 11 is 1.44. The van der Waals surface area contributed by atoms with Gasteiger partial charge in [0.1, 0.15) is 5.92 Å². The molecule has 1 aromatic heterocycles. The third kappa shape index (κ3) is 6.42. The minimum atomic E-state index is -0.899. The highest BCUT2D eigenvalue weighted by atomic mass is 79.9. The van der Waals surface area contributed by atoms with Gasteiger partial charge in [-0.15, -0.1) is 28.3 Å². The Kier molecular flexibility index (Phi) is 11.0. The minimum Gasteiger partial charge on any atom is -0.493 e. The Morgan fingerprint density at radius 2 is 1.67 bits per heavy atom. The molecule has 4 rings (SSSR count). The van der Waals surface area contributed by atoms with Crippen molar-refractivity contribution < 1.29 is 28.5 Å². The summed E-state index contributed by atoms with van der Waals surface area (Å²) in [7, 11) is 3.18. The van der Waals surface area contributed by atoms with Crippen molar-refractivity contribution in [2.24, 2.45) is 5.92 Å². The predicted octanol–water partition coefficient (Wildman–Crippen LogP) is 6.03. The lowest BCUT2D eigenvalue weighted by Crippen LogP contribution is -2.60. The number of nitrogens with zero attached hydrogens (tertiary/aromatic N) is 1. The summed E-state index contributed by atoms with van der Waals surface area (Å²) < 4.78 is 21.9. The van der Waals surface area contributed by atoms with Gasteiger partial charge >= 0.3 is 11.9 Å². The number of anilines is 1. The molecule has 1 aliphatic heterocycles. The highest BCUT2D eigenvalue weighted by Gasteiger charge is 2.53. The number of hydrogen-bond donors (Lipinski definition) is 2. The van der Waals surface area contributed by atoms with Gasteiger partial charge in [0.2, 0.25) is 0 Å². The lowest BCUT2D eigenvalue weighted by Gasteiger charge is -2.47. The van der Waals surface area contributed by atoms with E-state index in [9.17, 15) is 9.59 Å². The normalized spacial score (nSPS) is 19.7. The van der Waals surface area contributed by atoms with Crippen LogP contribution in [0, 0.1) is 12.8 Å². The monoisotopic (exact) mass is 659 g/mol. The molecule has 226 valence electrons. The number of aryl methyl sites for hydroxylation is 1. The molecule has 0 fully saturated rings. The van der Waals surface area contributed by atoms with E-state index in [4.69, 9.17) is 23.9 Å². The molecule has 0 saturated carbocycles. The van der Waals surface area contributed by atoms with Crippen molar-refractivity contribution >= 4 is 45.4 Å². The zero-order chi connectivity index (χ0) is 29.7. The first-order chi connectivity index (χ1) is 19.7. The summed E-state index contributed by atoms with van der Waals surface area (Å²) in [6.45, 7) is 9.66. The van der Waals surface area contributed by atoms with Crippen LogP contribution in [0.25, 0.3) is 11.3 Å². The number of ether oxygens (including phenoxy) is 4. The van der Waals surface area contributed by atoms with Gasteiger partial charge in [0.05, 0.1) is 50.3 Å². The molecule has 2 heterocycles. The van der Waals surface area contributed by atoms with Gasteiger partial charge < -0.3 is 29.6 Å². The number of hydrogen-bond acceptors (Lipinski definition) is 10. The maximum absolute atomic E-state index is 13.7. The van der Waals surface area contributed by atoms with E-state index < -0.39 is 29.4 Å². The molecular weight excluding hydrogens is 622 g/mol. The molecule has 3 unspecified atom stereocenters. The van der Waals surface area contributed by atoms with Crippen molar-refractivity contribution in [3.05, 3.63) is 70.2 Å². The Morgan fingerprint density at radius 3 is 2.29 bits per heavy atom. The first-order valence-corrected chi connectivity index (χ1v) is 14.3. The third-order valence-electron chi connectivity index (χ3n) is 7.26. The van der Waals surface area contributed by atoms with Crippen LogP contribution in [0.5, 0.6) is 11.5 Å². The Labute approximate surface area is 261 Å². The molecule has 0 aliphatic carbocycles. The van der Waals surface area contributed by atoms with Crippen LogP contribution < -0.4 is 20.1 Å². The molecule has 0 saturated heterocycles. The second kappa shape index (κ2) is 14.1. The fourth-order valence-corrected chi connectivity index (χ4v) is 6.27. The van der Waals surface area contributed by atoms with Gasteiger partial charge in [-0.25, -0.2) is 9.78 Å². The largest absolute Gasteiger partial charge is 0.493 e. The van der Waals surface area contributed by atoms with Crippen molar-refractivity contribution in [3.63, 3.8) is 0 Å². The summed E-state index contributed by atoms with van der Waals surface area (Å²) in [4.78, 5) is 32.9. The van der Waals surface area contributed by atoms with Crippen molar-refractivity contribution in [1.82, 2.24) is 10.3 Å². The van der Waals surface area contributed by atoms with Crippen molar-refractivity contribution in [1.29, 1.82) is 0 Å². The van der Waals surface area contributed by atoms with E-state index in [1.165, 1.54) is 11.3 Å². The number of nitrogens with one attached hydrogen (secondary N) is 2. The van der Waals surface area contributed by atoms with Crippen molar-refractivity contribution in [2.75, 3.05) is 32.8 Å². The lowest BCUT2D eigenvalue weighted by molar-refractivity contribution is -0.152. The fraction of sp³-hybridized carbons (Fsp3) is 0.387. The van der Waals surface area contributed by atoms with Gasteiger partial charge in [0.15, 0.2) is 16.6 Å². The Balaban J connectivity index is 0.00000484. The minimum absolute atomic E-state index is 0. The molecule has 0 bridgehead atoms. The maximum atomic E-state index is 13.7. The smallest absolute Gasteiger partial charge is 0.337 e. The highest BCUT2D eigenvalue weighted by molar-refractivity contribution is 8.93. The third-order valence-corrected chi connectivity index (χ3v) is 8.16. The van der Waals surface area contributed by atoms with Crippen LogP contribution >= 0.6 is 28.3 Å². The maximum Gasteiger partial charge on any atom is 0.337 e. The summed E-state index contributed by atoms with van der Waals surface area (Å²) in [6.07, 6.45) is 0. The van der Waals surface area contributed by atoms with E-state index in [0.29, 0.717) is 27.9 Å². The average molecular weight is 661 g/mol. The molecule has 9 nitrogen and oxygen atoms in total. The van der Waals surface area contributed by atoms with E-state index in [0.717, 1.165) is 21.7 Å². The van der Waals surface area contributed by atoms with Crippen molar-refractivity contribution in [3.8, 4) is 22.8 Å². The molecule has 2 N–H and O–H groups in total.